The maximum atomic E-state index is 4.51. The molecule has 1 saturated heterocycles. The van der Waals surface area contributed by atoms with Gasteiger partial charge in [-0.2, -0.15) is 15.0 Å². The molecule has 0 aliphatic carbocycles. The van der Waals surface area contributed by atoms with E-state index in [1.807, 2.05) is 6.26 Å². The summed E-state index contributed by atoms with van der Waals surface area (Å²) >= 11 is 5.03. The first-order chi connectivity index (χ1) is 8.78. The van der Waals surface area contributed by atoms with Crippen molar-refractivity contribution in [1.29, 1.82) is 0 Å². The summed E-state index contributed by atoms with van der Waals surface area (Å²) in [6, 6.07) is 0.333. The minimum Gasteiger partial charge on any atom is -0.351 e. The first kappa shape index (κ1) is 11.9. The lowest BCUT2D eigenvalue weighted by atomic mass is 10.1. The number of thioether (sulfide) groups is 1. The Labute approximate surface area is 117 Å². The number of anilines is 1. The van der Waals surface area contributed by atoms with Gasteiger partial charge in [0.25, 0.3) is 0 Å². The summed E-state index contributed by atoms with van der Waals surface area (Å²) in [5.74, 6) is 0.942. The lowest BCUT2D eigenvalue weighted by Gasteiger charge is -2.39. The molecule has 0 saturated carbocycles. The Morgan fingerprint density at radius 3 is 2.72 bits per heavy atom. The first-order valence-electron chi connectivity index (χ1n) is 5.45. The van der Waals surface area contributed by atoms with Crippen molar-refractivity contribution in [2.45, 2.75) is 11.2 Å². The molecule has 1 aliphatic rings. The van der Waals surface area contributed by atoms with Crippen LogP contribution in [0.15, 0.2) is 28.2 Å². The Morgan fingerprint density at radius 1 is 1.33 bits per heavy atom. The van der Waals surface area contributed by atoms with E-state index in [1.165, 1.54) is 0 Å². The molecule has 0 aromatic carbocycles. The van der Waals surface area contributed by atoms with Crippen molar-refractivity contribution in [3.63, 3.8) is 0 Å². The molecule has 3 rings (SSSR count). The van der Waals surface area contributed by atoms with Gasteiger partial charge in [0.1, 0.15) is 11.9 Å². The van der Waals surface area contributed by atoms with Gasteiger partial charge in [-0.1, -0.05) is 11.8 Å². The van der Waals surface area contributed by atoms with Crippen LogP contribution in [0.25, 0.3) is 0 Å². The molecule has 1 aliphatic heterocycles. The fourth-order valence-electron chi connectivity index (χ4n) is 1.85. The van der Waals surface area contributed by atoms with Crippen LogP contribution in [0.4, 0.5) is 5.82 Å². The lowest BCUT2D eigenvalue weighted by Crippen LogP contribution is -2.49. The summed E-state index contributed by atoms with van der Waals surface area (Å²) in [4.78, 5) is 12.7. The third kappa shape index (κ3) is 2.10. The second-order valence-corrected chi connectivity index (χ2v) is 5.56. The smallest absolute Gasteiger partial charge is 0.189 e. The van der Waals surface area contributed by atoms with Crippen LogP contribution in [0.2, 0.25) is 0 Å². The molecule has 0 spiro atoms. The fourth-order valence-corrected chi connectivity index (χ4v) is 2.63. The molecule has 0 atom stereocenters. The van der Waals surface area contributed by atoms with E-state index in [0.717, 1.165) is 28.5 Å². The monoisotopic (exact) mass is 326 g/mol. The number of aromatic nitrogens is 5. The van der Waals surface area contributed by atoms with E-state index in [-0.39, 0.29) is 0 Å². The fraction of sp³-hybridized carbons (Fsp3) is 0.400. The van der Waals surface area contributed by atoms with E-state index in [0.29, 0.717) is 6.04 Å². The topological polar surface area (TPSA) is 59.7 Å². The average molecular weight is 327 g/mol. The highest BCUT2D eigenvalue weighted by Crippen LogP contribution is 2.31. The normalized spacial score (nSPS) is 15.8. The molecule has 0 amide bonds. The van der Waals surface area contributed by atoms with Crippen LogP contribution in [-0.4, -0.2) is 44.3 Å². The van der Waals surface area contributed by atoms with Crippen molar-refractivity contribution in [2.75, 3.05) is 24.2 Å². The van der Waals surface area contributed by atoms with Gasteiger partial charge in [-0.05, 0) is 22.2 Å². The zero-order valence-electron chi connectivity index (χ0n) is 9.69. The molecule has 3 heterocycles. The molecule has 0 radical (unpaired) electrons. The van der Waals surface area contributed by atoms with Crippen molar-refractivity contribution in [2.24, 2.45) is 0 Å². The van der Waals surface area contributed by atoms with E-state index >= 15 is 0 Å². The summed E-state index contributed by atoms with van der Waals surface area (Å²) in [6.45, 7) is 1.75. The molecule has 8 heteroatoms. The number of halogens is 1. The number of rotatable bonds is 3. The van der Waals surface area contributed by atoms with E-state index in [4.69, 9.17) is 0 Å². The number of nitrogens with zero attached hydrogens (tertiary/aromatic N) is 6. The van der Waals surface area contributed by atoms with E-state index in [2.05, 4.69) is 41.0 Å². The minimum absolute atomic E-state index is 0.333. The SMILES string of the molecule is CSc1ncc(Br)c(N2CC(n3nccn3)C2)n1. The van der Waals surface area contributed by atoms with Crippen molar-refractivity contribution in [3.8, 4) is 0 Å². The van der Waals surface area contributed by atoms with Gasteiger partial charge in [-0.25, -0.2) is 9.97 Å². The van der Waals surface area contributed by atoms with Gasteiger partial charge in [-0.3, -0.25) is 0 Å². The van der Waals surface area contributed by atoms with E-state index < -0.39 is 0 Å². The molecule has 0 N–H and O–H groups in total. The average Bonchev–Trinajstić information content (AvgIpc) is 2.83. The largest absolute Gasteiger partial charge is 0.351 e. The van der Waals surface area contributed by atoms with Crippen LogP contribution in [0.5, 0.6) is 0 Å². The molecule has 6 nitrogen and oxygen atoms in total. The lowest BCUT2D eigenvalue weighted by molar-refractivity contribution is 0.330. The summed E-state index contributed by atoms with van der Waals surface area (Å²) in [6.07, 6.45) is 7.18. The predicted molar refractivity (Wildman–Crippen MR) is 72.8 cm³/mol. The quantitative estimate of drug-likeness (QED) is 0.631. The van der Waals surface area contributed by atoms with Crippen molar-refractivity contribution < 1.29 is 0 Å². The van der Waals surface area contributed by atoms with Crippen molar-refractivity contribution >= 4 is 33.5 Å². The summed E-state index contributed by atoms with van der Waals surface area (Å²) in [7, 11) is 0. The van der Waals surface area contributed by atoms with Crippen LogP contribution in [0.3, 0.4) is 0 Å². The van der Waals surface area contributed by atoms with Crippen LogP contribution in [0, 0.1) is 0 Å². The molecular formula is C10H11BrN6S. The Hall–Kier alpha value is -1.15. The Bertz CT molecular complexity index is 539. The van der Waals surface area contributed by atoms with Gasteiger partial charge in [0.05, 0.1) is 16.9 Å². The maximum absolute atomic E-state index is 4.51. The molecule has 0 bridgehead atoms. The predicted octanol–water partition coefficient (Wildman–Crippen LogP) is 1.61. The van der Waals surface area contributed by atoms with E-state index in [9.17, 15) is 0 Å². The Balaban J connectivity index is 1.74. The molecule has 0 unspecified atom stereocenters. The zero-order chi connectivity index (χ0) is 12.5. The molecule has 18 heavy (non-hydrogen) atoms. The van der Waals surface area contributed by atoms with Crippen molar-refractivity contribution in [3.05, 3.63) is 23.1 Å². The Morgan fingerprint density at radius 2 is 2.06 bits per heavy atom. The minimum atomic E-state index is 0.333. The summed E-state index contributed by atoms with van der Waals surface area (Å²) < 4.78 is 0.923. The number of hydrogen-bond acceptors (Lipinski definition) is 6. The van der Waals surface area contributed by atoms with Gasteiger partial charge in [-0.15, -0.1) is 0 Å². The third-order valence-corrected chi connectivity index (χ3v) is 3.93. The standard InChI is InChI=1S/C10H11BrN6S/c1-18-10-12-4-8(11)9(15-10)16-5-7(6-16)17-13-2-3-14-17/h2-4,7H,5-6H2,1H3. The van der Waals surface area contributed by atoms with E-state index in [1.54, 1.807) is 35.1 Å². The molecule has 2 aromatic heterocycles. The summed E-state index contributed by atoms with van der Waals surface area (Å²) in [5.41, 5.74) is 0. The highest BCUT2D eigenvalue weighted by Gasteiger charge is 2.31. The zero-order valence-corrected chi connectivity index (χ0v) is 12.1. The second kappa shape index (κ2) is 4.85. The second-order valence-electron chi connectivity index (χ2n) is 3.94. The molecule has 2 aromatic rings. The Kier molecular flexibility index (Phi) is 3.21. The first-order valence-corrected chi connectivity index (χ1v) is 7.47. The van der Waals surface area contributed by atoms with Gasteiger partial charge in [0, 0.05) is 19.3 Å². The highest BCUT2D eigenvalue weighted by atomic mass is 79.9. The van der Waals surface area contributed by atoms with Gasteiger partial charge >= 0.3 is 0 Å². The van der Waals surface area contributed by atoms with Crippen LogP contribution in [-0.2, 0) is 0 Å². The molecular weight excluding hydrogens is 316 g/mol. The third-order valence-electron chi connectivity index (χ3n) is 2.81. The highest BCUT2D eigenvalue weighted by molar-refractivity contribution is 9.10. The van der Waals surface area contributed by atoms with Crippen LogP contribution >= 0.6 is 27.7 Å². The van der Waals surface area contributed by atoms with Crippen LogP contribution in [0.1, 0.15) is 6.04 Å². The van der Waals surface area contributed by atoms with Gasteiger partial charge in [0.2, 0.25) is 0 Å². The van der Waals surface area contributed by atoms with Crippen LogP contribution < -0.4 is 4.90 Å². The van der Waals surface area contributed by atoms with Gasteiger partial charge in [0.15, 0.2) is 5.16 Å². The number of hydrogen-bond donors (Lipinski definition) is 0. The molecule has 1 fully saturated rings. The molecule has 94 valence electrons. The maximum Gasteiger partial charge on any atom is 0.189 e. The summed E-state index contributed by atoms with van der Waals surface area (Å²) in [5, 5.41) is 9.09. The van der Waals surface area contributed by atoms with Crippen molar-refractivity contribution in [1.82, 2.24) is 25.0 Å². The van der Waals surface area contributed by atoms with Gasteiger partial charge < -0.3 is 4.90 Å².